The molecule has 2 heterocycles. The number of carbonyl (C=O) groups is 1. The number of thiophene rings is 1. The van der Waals surface area contributed by atoms with Crippen LogP contribution in [0, 0.1) is 13.8 Å². The minimum atomic E-state index is -0.114. The fraction of sp³-hybridized carbons (Fsp3) is 0.333. The van der Waals surface area contributed by atoms with Crippen LogP contribution >= 0.6 is 11.3 Å². The van der Waals surface area contributed by atoms with Gasteiger partial charge in [0.25, 0.3) is 5.91 Å². The molecule has 0 radical (unpaired) electrons. The first-order valence-corrected chi connectivity index (χ1v) is 6.35. The van der Waals surface area contributed by atoms with Crippen molar-refractivity contribution in [2.75, 3.05) is 6.54 Å². The van der Waals surface area contributed by atoms with E-state index in [2.05, 4.69) is 21.9 Å². The minimum absolute atomic E-state index is 0.114. The monoisotopic (exact) mass is 250 g/mol. The maximum atomic E-state index is 11.9. The van der Waals surface area contributed by atoms with Crippen LogP contribution in [0.15, 0.2) is 21.3 Å². The number of aryl methyl sites for hydroxylation is 2. The standard InChI is InChI=1S/C12H14N2O2S/c1-8-11(9(2)16-14-8)12(15)13-5-3-10-4-6-17-7-10/h4,6-7H,3,5H2,1-2H3,(H,13,15). The van der Waals surface area contributed by atoms with Gasteiger partial charge in [-0.25, -0.2) is 0 Å². The highest BCUT2D eigenvalue weighted by Gasteiger charge is 2.16. The zero-order chi connectivity index (χ0) is 12.3. The zero-order valence-electron chi connectivity index (χ0n) is 9.82. The first-order valence-electron chi connectivity index (χ1n) is 5.40. The Balaban J connectivity index is 1.90. The molecule has 0 aliphatic heterocycles. The van der Waals surface area contributed by atoms with Crippen LogP contribution in [0.1, 0.15) is 27.4 Å². The number of nitrogens with one attached hydrogen (secondary N) is 1. The van der Waals surface area contributed by atoms with E-state index in [0.29, 0.717) is 23.6 Å². The van der Waals surface area contributed by atoms with Crippen molar-refractivity contribution in [3.05, 3.63) is 39.4 Å². The lowest BCUT2D eigenvalue weighted by Crippen LogP contribution is -2.26. The molecule has 0 bridgehead atoms. The van der Waals surface area contributed by atoms with E-state index in [1.165, 1.54) is 5.56 Å². The van der Waals surface area contributed by atoms with Crippen LogP contribution in [0.25, 0.3) is 0 Å². The third kappa shape index (κ3) is 2.74. The number of rotatable bonds is 4. The molecule has 0 aliphatic rings. The summed E-state index contributed by atoms with van der Waals surface area (Å²) in [4.78, 5) is 11.9. The fourth-order valence-electron chi connectivity index (χ4n) is 1.65. The van der Waals surface area contributed by atoms with Gasteiger partial charge in [0.1, 0.15) is 11.3 Å². The summed E-state index contributed by atoms with van der Waals surface area (Å²) in [6.07, 6.45) is 0.846. The topological polar surface area (TPSA) is 55.1 Å². The second-order valence-corrected chi connectivity index (χ2v) is 4.62. The minimum Gasteiger partial charge on any atom is -0.361 e. The quantitative estimate of drug-likeness (QED) is 0.906. The smallest absolute Gasteiger partial charge is 0.256 e. The Kier molecular flexibility index (Phi) is 3.58. The van der Waals surface area contributed by atoms with E-state index in [-0.39, 0.29) is 5.91 Å². The van der Waals surface area contributed by atoms with Gasteiger partial charge in [-0.1, -0.05) is 5.16 Å². The van der Waals surface area contributed by atoms with Crippen molar-refractivity contribution in [3.8, 4) is 0 Å². The van der Waals surface area contributed by atoms with Gasteiger partial charge in [-0.3, -0.25) is 4.79 Å². The highest BCUT2D eigenvalue weighted by molar-refractivity contribution is 7.07. The molecule has 2 rings (SSSR count). The zero-order valence-corrected chi connectivity index (χ0v) is 10.6. The summed E-state index contributed by atoms with van der Waals surface area (Å²) < 4.78 is 4.96. The predicted molar refractivity (Wildman–Crippen MR) is 66.3 cm³/mol. The molecule has 0 unspecified atom stereocenters. The van der Waals surface area contributed by atoms with Gasteiger partial charge in [-0.2, -0.15) is 11.3 Å². The van der Waals surface area contributed by atoms with E-state index in [1.54, 1.807) is 25.2 Å². The molecule has 0 saturated carbocycles. The molecule has 2 aromatic rings. The lowest BCUT2D eigenvalue weighted by Gasteiger charge is -2.03. The van der Waals surface area contributed by atoms with Crippen molar-refractivity contribution in [1.29, 1.82) is 0 Å². The summed E-state index contributed by atoms with van der Waals surface area (Å²) in [6, 6.07) is 2.06. The Labute approximate surface area is 104 Å². The Morgan fingerprint density at radius 1 is 1.53 bits per heavy atom. The van der Waals surface area contributed by atoms with Crippen LogP contribution in [0.3, 0.4) is 0 Å². The summed E-state index contributed by atoms with van der Waals surface area (Å²) in [5.41, 5.74) is 2.43. The number of hydrogen-bond donors (Lipinski definition) is 1. The lowest BCUT2D eigenvalue weighted by atomic mass is 10.2. The molecule has 0 aliphatic carbocycles. The third-order valence-corrected chi connectivity index (χ3v) is 3.27. The highest BCUT2D eigenvalue weighted by atomic mass is 32.1. The Morgan fingerprint density at radius 2 is 2.35 bits per heavy atom. The van der Waals surface area contributed by atoms with Crippen LogP contribution in [0.2, 0.25) is 0 Å². The van der Waals surface area contributed by atoms with Gasteiger partial charge in [0.15, 0.2) is 0 Å². The van der Waals surface area contributed by atoms with Crippen LogP contribution in [0.5, 0.6) is 0 Å². The number of amides is 1. The summed E-state index contributed by atoms with van der Waals surface area (Å²) in [5.74, 6) is 0.451. The normalized spacial score (nSPS) is 10.5. The Bertz CT molecular complexity index is 483. The molecule has 4 nitrogen and oxygen atoms in total. The van der Waals surface area contributed by atoms with Gasteiger partial charge >= 0.3 is 0 Å². The van der Waals surface area contributed by atoms with Crippen LogP contribution in [0.4, 0.5) is 0 Å². The van der Waals surface area contributed by atoms with Gasteiger partial charge in [-0.15, -0.1) is 0 Å². The Morgan fingerprint density at radius 3 is 2.94 bits per heavy atom. The lowest BCUT2D eigenvalue weighted by molar-refractivity contribution is 0.0952. The number of nitrogens with zero attached hydrogens (tertiary/aromatic N) is 1. The summed E-state index contributed by atoms with van der Waals surface area (Å²) >= 11 is 1.66. The average molecular weight is 250 g/mol. The van der Waals surface area contributed by atoms with Gasteiger partial charge in [-0.05, 0) is 42.7 Å². The molecule has 0 spiro atoms. The van der Waals surface area contributed by atoms with Crippen molar-refractivity contribution in [3.63, 3.8) is 0 Å². The fourth-order valence-corrected chi connectivity index (χ4v) is 2.35. The molecular weight excluding hydrogens is 236 g/mol. The molecular formula is C12H14N2O2S. The summed E-state index contributed by atoms with van der Waals surface area (Å²) in [7, 11) is 0. The molecule has 0 fully saturated rings. The largest absolute Gasteiger partial charge is 0.361 e. The molecule has 1 amide bonds. The van der Waals surface area contributed by atoms with E-state index in [0.717, 1.165) is 6.42 Å². The van der Waals surface area contributed by atoms with Crippen molar-refractivity contribution < 1.29 is 9.32 Å². The van der Waals surface area contributed by atoms with Crippen molar-refractivity contribution >= 4 is 17.2 Å². The van der Waals surface area contributed by atoms with Gasteiger partial charge in [0, 0.05) is 6.54 Å². The Hall–Kier alpha value is -1.62. The predicted octanol–water partition coefficient (Wildman–Crippen LogP) is 2.33. The number of hydrogen-bond acceptors (Lipinski definition) is 4. The van der Waals surface area contributed by atoms with Gasteiger partial charge in [0.2, 0.25) is 0 Å². The van der Waals surface area contributed by atoms with E-state index < -0.39 is 0 Å². The van der Waals surface area contributed by atoms with E-state index >= 15 is 0 Å². The molecule has 5 heteroatoms. The maximum absolute atomic E-state index is 11.9. The van der Waals surface area contributed by atoms with Gasteiger partial charge < -0.3 is 9.84 Å². The SMILES string of the molecule is Cc1noc(C)c1C(=O)NCCc1ccsc1. The molecule has 0 atom stereocenters. The number of aromatic nitrogens is 1. The first kappa shape index (κ1) is 11.9. The van der Waals surface area contributed by atoms with Crippen LogP contribution < -0.4 is 5.32 Å². The molecule has 0 aromatic carbocycles. The molecule has 90 valence electrons. The second kappa shape index (κ2) is 5.14. The van der Waals surface area contributed by atoms with Crippen molar-refractivity contribution in [1.82, 2.24) is 10.5 Å². The van der Waals surface area contributed by atoms with Crippen LogP contribution in [-0.4, -0.2) is 17.6 Å². The molecule has 2 aromatic heterocycles. The van der Waals surface area contributed by atoms with Crippen molar-refractivity contribution in [2.24, 2.45) is 0 Å². The van der Waals surface area contributed by atoms with Crippen LogP contribution in [-0.2, 0) is 6.42 Å². The average Bonchev–Trinajstić information content (AvgIpc) is 2.89. The third-order valence-electron chi connectivity index (χ3n) is 2.54. The molecule has 0 saturated heterocycles. The van der Waals surface area contributed by atoms with E-state index in [4.69, 9.17) is 4.52 Å². The van der Waals surface area contributed by atoms with Gasteiger partial charge in [0.05, 0.1) is 5.69 Å². The second-order valence-electron chi connectivity index (χ2n) is 3.84. The van der Waals surface area contributed by atoms with E-state index in [1.807, 2.05) is 5.38 Å². The number of carbonyl (C=O) groups excluding carboxylic acids is 1. The van der Waals surface area contributed by atoms with E-state index in [9.17, 15) is 4.79 Å². The maximum Gasteiger partial charge on any atom is 0.256 e. The summed E-state index contributed by atoms with van der Waals surface area (Å²) in [5, 5.41) is 10.8. The molecule has 17 heavy (non-hydrogen) atoms. The highest BCUT2D eigenvalue weighted by Crippen LogP contribution is 2.11. The summed E-state index contributed by atoms with van der Waals surface area (Å²) in [6.45, 7) is 4.14. The molecule has 1 N–H and O–H groups in total. The van der Waals surface area contributed by atoms with Crippen molar-refractivity contribution in [2.45, 2.75) is 20.3 Å². The first-order chi connectivity index (χ1) is 8.18.